The van der Waals surface area contributed by atoms with E-state index in [1.807, 2.05) is 42.9 Å². The summed E-state index contributed by atoms with van der Waals surface area (Å²) in [7, 11) is 0. The van der Waals surface area contributed by atoms with E-state index in [4.69, 9.17) is 0 Å². The second-order valence-electron chi connectivity index (χ2n) is 8.11. The van der Waals surface area contributed by atoms with Gasteiger partial charge in [-0.15, -0.1) is 0 Å². The molecule has 1 saturated heterocycles. The van der Waals surface area contributed by atoms with Crippen molar-refractivity contribution in [2.75, 3.05) is 13.1 Å². The number of piperidine rings is 1. The first-order chi connectivity index (χ1) is 14.9. The lowest BCUT2D eigenvalue weighted by atomic mass is 9.96. The number of likely N-dealkylation sites (tertiary alicyclic amines) is 1. The van der Waals surface area contributed by atoms with E-state index in [-0.39, 0.29) is 29.6 Å². The molecule has 8 heteroatoms. The highest BCUT2D eigenvalue weighted by molar-refractivity contribution is 5.97. The van der Waals surface area contributed by atoms with Crippen LogP contribution in [0.3, 0.4) is 0 Å². The van der Waals surface area contributed by atoms with Gasteiger partial charge in [0.2, 0.25) is 5.91 Å². The Bertz CT molecular complexity index is 1060. The van der Waals surface area contributed by atoms with Gasteiger partial charge in [-0.2, -0.15) is 5.10 Å². The maximum Gasteiger partial charge on any atom is 0.259 e. The van der Waals surface area contributed by atoms with Crippen LogP contribution in [0.1, 0.15) is 37.0 Å². The third-order valence-corrected chi connectivity index (χ3v) is 5.40. The number of hydrogen-bond acceptors (Lipinski definition) is 3. The van der Waals surface area contributed by atoms with Crippen molar-refractivity contribution in [2.24, 2.45) is 5.92 Å². The predicted octanol–water partition coefficient (Wildman–Crippen LogP) is 3.18. The Morgan fingerprint density at radius 3 is 2.55 bits per heavy atom. The molecule has 3 heterocycles. The van der Waals surface area contributed by atoms with Crippen molar-refractivity contribution in [1.82, 2.24) is 24.6 Å². The molecule has 0 radical (unpaired) electrons. The SMILES string of the molecule is CC(C)NC(=O)[C@H]1CCCN(C(=O)c2cnn(-c3ccc(F)cc3)c2-n2cccc2)C1. The largest absolute Gasteiger partial charge is 0.354 e. The van der Waals surface area contributed by atoms with E-state index < -0.39 is 0 Å². The number of carbonyl (C=O) groups is 2. The summed E-state index contributed by atoms with van der Waals surface area (Å²) in [5.74, 6) is -0.161. The van der Waals surface area contributed by atoms with E-state index in [9.17, 15) is 14.0 Å². The Balaban J connectivity index is 1.65. The van der Waals surface area contributed by atoms with Crippen molar-refractivity contribution >= 4 is 11.8 Å². The number of aromatic nitrogens is 3. The maximum absolute atomic E-state index is 13.5. The molecule has 0 unspecified atom stereocenters. The molecule has 162 valence electrons. The molecule has 0 saturated carbocycles. The van der Waals surface area contributed by atoms with Gasteiger partial charge in [-0.25, -0.2) is 9.07 Å². The van der Waals surface area contributed by atoms with Gasteiger partial charge >= 0.3 is 0 Å². The summed E-state index contributed by atoms with van der Waals surface area (Å²) in [5, 5.41) is 7.38. The highest BCUT2D eigenvalue weighted by atomic mass is 19.1. The van der Waals surface area contributed by atoms with Crippen molar-refractivity contribution in [1.29, 1.82) is 0 Å². The number of nitrogens with one attached hydrogen (secondary N) is 1. The standard InChI is InChI=1S/C23H26FN5O2/c1-16(2)26-21(30)17-6-5-13-28(15-17)23(31)20-14-25-29(19-9-7-18(24)8-10-19)22(20)27-11-3-4-12-27/h3-4,7-12,14,16-17H,5-6,13,15H2,1-2H3,(H,26,30)/t17-/m0/s1. The van der Waals surface area contributed by atoms with Gasteiger partial charge in [0, 0.05) is 31.5 Å². The van der Waals surface area contributed by atoms with E-state index in [2.05, 4.69) is 10.4 Å². The predicted molar refractivity (Wildman–Crippen MR) is 115 cm³/mol. The molecule has 0 spiro atoms. The zero-order valence-corrected chi connectivity index (χ0v) is 17.7. The minimum Gasteiger partial charge on any atom is -0.354 e. The molecular weight excluding hydrogens is 397 g/mol. The number of benzene rings is 1. The first kappa shape index (κ1) is 20.8. The summed E-state index contributed by atoms with van der Waals surface area (Å²) in [6.07, 6.45) is 6.75. The zero-order valence-electron chi connectivity index (χ0n) is 17.7. The van der Waals surface area contributed by atoms with E-state index in [1.54, 1.807) is 27.9 Å². The molecule has 31 heavy (non-hydrogen) atoms. The molecule has 1 atom stereocenters. The first-order valence-corrected chi connectivity index (χ1v) is 10.5. The third-order valence-electron chi connectivity index (χ3n) is 5.40. The summed E-state index contributed by atoms with van der Waals surface area (Å²) in [6.45, 7) is 4.83. The quantitative estimate of drug-likeness (QED) is 0.685. The fourth-order valence-electron chi connectivity index (χ4n) is 3.94. The second kappa shape index (κ2) is 8.75. The number of nitrogens with zero attached hydrogens (tertiary/aromatic N) is 4. The minimum absolute atomic E-state index is 0.0138. The normalized spacial score (nSPS) is 16.5. The van der Waals surface area contributed by atoms with Crippen LogP contribution in [0.15, 0.2) is 55.0 Å². The van der Waals surface area contributed by atoms with Crippen molar-refractivity contribution in [2.45, 2.75) is 32.7 Å². The molecule has 0 aliphatic carbocycles. The van der Waals surface area contributed by atoms with Gasteiger partial charge in [-0.05, 0) is 63.1 Å². The Labute approximate surface area is 180 Å². The minimum atomic E-state index is -0.339. The molecular formula is C23H26FN5O2. The second-order valence-corrected chi connectivity index (χ2v) is 8.11. The van der Waals surface area contributed by atoms with Crippen molar-refractivity contribution in [3.8, 4) is 11.5 Å². The number of rotatable bonds is 5. The van der Waals surface area contributed by atoms with E-state index in [1.165, 1.54) is 12.1 Å². The highest BCUT2D eigenvalue weighted by Crippen LogP contribution is 2.24. The number of halogens is 1. The Morgan fingerprint density at radius 2 is 1.87 bits per heavy atom. The summed E-state index contributed by atoms with van der Waals surface area (Å²) in [5.41, 5.74) is 1.09. The molecule has 1 N–H and O–H groups in total. The van der Waals surface area contributed by atoms with Gasteiger partial charge in [0.1, 0.15) is 11.4 Å². The molecule has 1 aromatic carbocycles. The molecule has 1 fully saturated rings. The van der Waals surface area contributed by atoms with Crippen LogP contribution in [0.4, 0.5) is 4.39 Å². The van der Waals surface area contributed by atoms with Crippen LogP contribution in [0, 0.1) is 11.7 Å². The maximum atomic E-state index is 13.5. The molecule has 3 aromatic rings. The van der Waals surface area contributed by atoms with Gasteiger partial charge in [-0.1, -0.05) is 0 Å². The van der Waals surface area contributed by atoms with Crippen molar-refractivity contribution < 1.29 is 14.0 Å². The van der Waals surface area contributed by atoms with Crippen molar-refractivity contribution in [3.05, 3.63) is 66.4 Å². The van der Waals surface area contributed by atoms with Crippen molar-refractivity contribution in [3.63, 3.8) is 0 Å². The van der Waals surface area contributed by atoms with Crippen LogP contribution in [0.25, 0.3) is 11.5 Å². The lowest BCUT2D eigenvalue weighted by Crippen LogP contribution is -2.46. The molecule has 1 aliphatic heterocycles. The van der Waals surface area contributed by atoms with Crippen LogP contribution in [-0.2, 0) is 4.79 Å². The molecule has 4 rings (SSSR count). The topological polar surface area (TPSA) is 72.2 Å². The molecule has 7 nitrogen and oxygen atoms in total. The fraction of sp³-hybridized carbons (Fsp3) is 0.348. The lowest BCUT2D eigenvalue weighted by Gasteiger charge is -2.32. The molecule has 2 aromatic heterocycles. The van der Waals surface area contributed by atoms with Gasteiger partial charge in [-0.3, -0.25) is 9.59 Å². The van der Waals surface area contributed by atoms with Crippen LogP contribution in [-0.4, -0.2) is 50.2 Å². The van der Waals surface area contributed by atoms with Crippen LogP contribution in [0.5, 0.6) is 0 Å². The number of amides is 2. The summed E-state index contributed by atoms with van der Waals surface area (Å²) >= 11 is 0. The smallest absolute Gasteiger partial charge is 0.259 e. The van der Waals surface area contributed by atoms with Crippen LogP contribution >= 0.6 is 0 Å². The highest BCUT2D eigenvalue weighted by Gasteiger charge is 2.31. The summed E-state index contributed by atoms with van der Waals surface area (Å²) in [4.78, 5) is 27.7. The van der Waals surface area contributed by atoms with E-state index >= 15 is 0 Å². The van der Waals surface area contributed by atoms with Gasteiger partial charge < -0.3 is 14.8 Å². The van der Waals surface area contributed by atoms with Crippen LogP contribution in [0.2, 0.25) is 0 Å². The molecule has 0 bridgehead atoms. The van der Waals surface area contributed by atoms with Gasteiger partial charge in [0.05, 0.1) is 17.8 Å². The zero-order chi connectivity index (χ0) is 22.0. The average Bonchev–Trinajstić information content (AvgIpc) is 3.43. The molecule has 2 amide bonds. The van der Waals surface area contributed by atoms with E-state index in [0.29, 0.717) is 30.2 Å². The summed E-state index contributed by atoms with van der Waals surface area (Å²) < 4.78 is 16.8. The Hall–Kier alpha value is -3.42. The first-order valence-electron chi connectivity index (χ1n) is 10.5. The third kappa shape index (κ3) is 4.38. The number of hydrogen-bond donors (Lipinski definition) is 1. The average molecular weight is 423 g/mol. The summed E-state index contributed by atoms with van der Waals surface area (Å²) in [6, 6.07) is 9.76. The monoisotopic (exact) mass is 423 g/mol. The lowest BCUT2D eigenvalue weighted by molar-refractivity contribution is -0.126. The fourth-order valence-corrected chi connectivity index (χ4v) is 3.94. The molecule has 1 aliphatic rings. The Morgan fingerprint density at radius 1 is 1.16 bits per heavy atom. The van der Waals surface area contributed by atoms with Crippen LogP contribution < -0.4 is 5.32 Å². The van der Waals surface area contributed by atoms with Gasteiger partial charge in [0.25, 0.3) is 5.91 Å². The number of carbonyl (C=O) groups excluding carboxylic acids is 2. The Kier molecular flexibility index (Phi) is 5.88. The van der Waals surface area contributed by atoms with Gasteiger partial charge in [0.15, 0.2) is 5.82 Å². The van der Waals surface area contributed by atoms with E-state index in [0.717, 1.165) is 12.8 Å².